The molecule has 2 aliphatic heterocycles. The molecule has 0 amide bonds. The zero-order chi connectivity index (χ0) is 27.5. The average molecular weight is 524 g/mol. The quantitative estimate of drug-likeness (QED) is 0.256. The van der Waals surface area contributed by atoms with E-state index in [1.54, 1.807) is 19.9 Å². The molecule has 6 fully saturated rings. The molecule has 4 saturated carbocycles. The second kappa shape index (κ2) is 6.42. The summed E-state index contributed by atoms with van der Waals surface area (Å²) in [5.41, 5.74) is -17.3. The van der Waals surface area contributed by atoms with Crippen molar-refractivity contribution in [2.24, 2.45) is 16.7 Å². The number of carbonyl (C=O) groups excluding carboxylic acids is 1. The summed E-state index contributed by atoms with van der Waals surface area (Å²) in [6, 6.07) is 3.05. The molecule has 11 nitrogen and oxygen atoms in total. The van der Waals surface area contributed by atoms with Gasteiger partial charge in [-0.1, -0.05) is 20.8 Å². The van der Waals surface area contributed by atoms with Crippen molar-refractivity contribution in [3.8, 4) is 0 Å². The maximum atomic E-state index is 13.3. The van der Waals surface area contributed by atoms with E-state index in [4.69, 9.17) is 14.2 Å². The summed E-state index contributed by atoms with van der Waals surface area (Å²) in [6.07, 6.45) is -2.18. The summed E-state index contributed by atoms with van der Waals surface area (Å²) in [5, 5.41) is 74.6. The van der Waals surface area contributed by atoms with Crippen molar-refractivity contribution in [1.82, 2.24) is 4.98 Å². The SMILES string of the molecule is CO[C@@H]1[C@@]23O[C@@]4(O)C[C@@](C)([C@@]2(O)CC[C@@]1(C)O)[C@]1(O)[C@H](OC(=O)c2ccc[nH]2)[C@](O)(C(C)C)[C@@]4(C)[C@@]13O. The van der Waals surface area contributed by atoms with E-state index in [9.17, 15) is 35.4 Å². The number of H-pyrrole nitrogens is 1. The first-order valence-corrected chi connectivity index (χ1v) is 12.8. The smallest absolute Gasteiger partial charge is 0.355 e. The number of carbonyl (C=O) groups is 1. The summed E-state index contributed by atoms with van der Waals surface area (Å²) in [5.74, 6) is -3.98. The summed E-state index contributed by atoms with van der Waals surface area (Å²) < 4.78 is 17.9. The predicted octanol–water partition coefficient (Wildman–Crippen LogP) is -0.419. The van der Waals surface area contributed by atoms with Crippen molar-refractivity contribution in [3.63, 3.8) is 0 Å². The first-order chi connectivity index (χ1) is 16.9. The predicted molar refractivity (Wildman–Crippen MR) is 125 cm³/mol. The van der Waals surface area contributed by atoms with Gasteiger partial charge in [0.1, 0.15) is 34.2 Å². The van der Waals surface area contributed by atoms with Crippen LogP contribution in [0.4, 0.5) is 0 Å². The second-order valence-electron chi connectivity index (χ2n) is 12.9. The molecule has 37 heavy (non-hydrogen) atoms. The van der Waals surface area contributed by atoms with Gasteiger partial charge in [-0.25, -0.2) is 4.79 Å². The van der Waals surface area contributed by atoms with Crippen LogP contribution in [0.5, 0.6) is 0 Å². The molecule has 206 valence electrons. The molecule has 0 radical (unpaired) electrons. The van der Waals surface area contributed by atoms with Gasteiger partial charge < -0.3 is 49.8 Å². The van der Waals surface area contributed by atoms with Crippen LogP contribution in [0.3, 0.4) is 0 Å². The van der Waals surface area contributed by atoms with E-state index in [1.807, 2.05) is 0 Å². The third kappa shape index (κ3) is 1.95. The number of nitrogens with one attached hydrogen (secondary N) is 1. The monoisotopic (exact) mass is 523 g/mol. The Bertz CT molecular complexity index is 1190. The standard InChI is InChI=1S/C26H37NO10/c1-13(2)23(32)17(36-15(28)14-8-7-11-27-14)24(33)19(4)12-22(31)20(23,5)26(24,34)25(37-22)16(35-6)18(3,29)9-10-21(19,25)30/h7-8,11,13,16-17,27,29-34H,9-10,12H2,1-6H3/t16-,17+,18+,19-,20-,21-,22-,23+,24+,25+,26+/m0/s1. The average Bonchev–Trinajstić information content (AvgIpc) is 3.43. The van der Waals surface area contributed by atoms with Crippen LogP contribution in [0.25, 0.3) is 0 Å². The summed E-state index contributed by atoms with van der Waals surface area (Å²) in [6.45, 7) is 7.61. The first-order valence-electron chi connectivity index (χ1n) is 12.8. The summed E-state index contributed by atoms with van der Waals surface area (Å²) in [4.78, 5) is 16.0. The zero-order valence-electron chi connectivity index (χ0n) is 21.9. The highest BCUT2D eigenvalue weighted by molar-refractivity contribution is 5.87. The van der Waals surface area contributed by atoms with Gasteiger partial charge in [0.25, 0.3) is 0 Å². The molecule has 7 N–H and O–H groups in total. The lowest BCUT2D eigenvalue weighted by Crippen LogP contribution is -2.79. The second-order valence-corrected chi connectivity index (χ2v) is 12.9. The molecule has 1 spiro atoms. The van der Waals surface area contributed by atoms with Crippen molar-refractivity contribution in [3.05, 3.63) is 24.0 Å². The Morgan fingerprint density at radius 3 is 2.27 bits per heavy atom. The number of methoxy groups -OCH3 is 1. The molecular formula is C26H37NO10. The van der Waals surface area contributed by atoms with E-state index in [-0.39, 0.29) is 25.0 Å². The molecule has 1 aromatic rings. The number of aromatic amines is 1. The number of rotatable bonds is 4. The third-order valence-electron chi connectivity index (χ3n) is 11.6. The van der Waals surface area contributed by atoms with Crippen LogP contribution in [0.2, 0.25) is 0 Å². The van der Waals surface area contributed by atoms with Crippen LogP contribution < -0.4 is 0 Å². The summed E-state index contributed by atoms with van der Waals surface area (Å²) >= 11 is 0. The highest BCUT2D eigenvalue weighted by Crippen LogP contribution is 2.90. The lowest BCUT2D eigenvalue weighted by atomic mass is 9.52. The fourth-order valence-corrected chi connectivity index (χ4v) is 9.93. The molecule has 2 saturated heterocycles. The number of aromatic nitrogens is 1. The van der Waals surface area contributed by atoms with Crippen molar-refractivity contribution >= 4 is 5.97 Å². The maximum absolute atomic E-state index is 13.3. The Balaban J connectivity index is 1.71. The minimum absolute atomic E-state index is 0.0331. The minimum Gasteiger partial charge on any atom is -0.451 e. The van der Waals surface area contributed by atoms with E-state index in [1.165, 1.54) is 40.1 Å². The van der Waals surface area contributed by atoms with Gasteiger partial charge in [-0.05, 0) is 44.7 Å². The minimum atomic E-state index is -2.64. The molecule has 1 aromatic heterocycles. The number of ether oxygens (including phenoxy) is 3. The Kier molecular flexibility index (Phi) is 4.46. The fourth-order valence-electron chi connectivity index (χ4n) is 9.93. The van der Waals surface area contributed by atoms with Crippen LogP contribution in [0, 0.1) is 16.7 Å². The Morgan fingerprint density at radius 1 is 1.08 bits per heavy atom. The number of aliphatic hydroxyl groups is 6. The normalized spacial score (nSPS) is 59.3. The Labute approximate surface area is 214 Å². The van der Waals surface area contributed by atoms with Crippen LogP contribution >= 0.6 is 0 Å². The Morgan fingerprint density at radius 2 is 1.73 bits per heavy atom. The summed E-state index contributed by atoms with van der Waals surface area (Å²) in [7, 11) is 1.28. The molecule has 0 unspecified atom stereocenters. The largest absolute Gasteiger partial charge is 0.451 e. The molecule has 6 bridgehead atoms. The molecule has 11 atom stereocenters. The highest BCUT2D eigenvalue weighted by Gasteiger charge is 3.10. The molecule has 0 aromatic carbocycles. The van der Waals surface area contributed by atoms with Crippen LogP contribution in [-0.2, 0) is 14.2 Å². The van der Waals surface area contributed by atoms with Crippen LogP contribution in [0.15, 0.2) is 18.3 Å². The van der Waals surface area contributed by atoms with E-state index >= 15 is 0 Å². The lowest BCUT2D eigenvalue weighted by Gasteiger charge is -2.62. The van der Waals surface area contributed by atoms with Gasteiger partial charge in [0.15, 0.2) is 17.5 Å². The number of esters is 1. The van der Waals surface area contributed by atoms with E-state index in [0.29, 0.717) is 0 Å². The van der Waals surface area contributed by atoms with Crippen molar-refractivity contribution in [2.45, 2.75) is 105 Å². The van der Waals surface area contributed by atoms with Gasteiger partial charge >= 0.3 is 5.97 Å². The van der Waals surface area contributed by atoms with Gasteiger partial charge in [0.05, 0.1) is 11.0 Å². The van der Waals surface area contributed by atoms with Gasteiger partial charge in [-0.15, -0.1) is 0 Å². The topological polar surface area (TPSA) is 182 Å². The first kappa shape index (κ1) is 25.7. The van der Waals surface area contributed by atoms with Crippen molar-refractivity contribution < 1.29 is 49.6 Å². The highest BCUT2D eigenvalue weighted by atomic mass is 16.7. The molecule has 3 heterocycles. The van der Waals surface area contributed by atoms with Gasteiger partial charge in [-0.2, -0.15) is 0 Å². The fraction of sp³-hybridized carbons (Fsp3) is 0.808. The lowest BCUT2D eigenvalue weighted by molar-refractivity contribution is -0.399. The maximum Gasteiger partial charge on any atom is 0.355 e. The molecule has 6 aliphatic rings. The van der Waals surface area contributed by atoms with Crippen molar-refractivity contribution in [2.75, 3.05) is 7.11 Å². The molecule has 11 heteroatoms. The third-order valence-corrected chi connectivity index (χ3v) is 11.6. The van der Waals surface area contributed by atoms with Gasteiger partial charge in [-0.3, -0.25) is 0 Å². The van der Waals surface area contributed by atoms with Gasteiger partial charge in [0, 0.05) is 25.1 Å². The molecular weight excluding hydrogens is 486 g/mol. The zero-order valence-corrected chi connectivity index (χ0v) is 21.9. The van der Waals surface area contributed by atoms with Gasteiger partial charge in [0.2, 0.25) is 0 Å². The number of hydrogen-bond acceptors (Lipinski definition) is 10. The van der Waals surface area contributed by atoms with Crippen LogP contribution in [0.1, 0.15) is 64.4 Å². The molecule has 7 rings (SSSR count). The van der Waals surface area contributed by atoms with Crippen molar-refractivity contribution in [1.29, 1.82) is 0 Å². The molecule has 4 aliphatic carbocycles. The van der Waals surface area contributed by atoms with Crippen LogP contribution in [-0.4, -0.2) is 100 Å². The van der Waals surface area contributed by atoms with E-state index < -0.39 is 74.3 Å². The van der Waals surface area contributed by atoms with E-state index in [0.717, 1.165) is 0 Å². The van der Waals surface area contributed by atoms with E-state index in [2.05, 4.69) is 4.98 Å². The number of hydrogen-bond donors (Lipinski definition) is 7. The Hall–Kier alpha value is -1.57.